The van der Waals surface area contributed by atoms with E-state index in [9.17, 15) is 14.7 Å². The molecule has 2 aromatic heterocycles. The molecule has 2 rings (SSSR count). The first kappa shape index (κ1) is 24.7. The number of hydrogen-bond donors (Lipinski definition) is 2. The van der Waals surface area contributed by atoms with Gasteiger partial charge in [0.1, 0.15) is 11.8 Å². The first-order valence-electron chi connectivity index (χ1n) is 10.7. The van der Waals surface area contributed by atoms with Crippen LogP contribution < -0.4 is 5.32 Å². The number of carbonyl (C=O) groups excluding carboxylic acids is 2. The van der Waals surface area contributed by atoms with Crippen LogP contribution in [0.1, 0.15) is 61.6 Å². The molecule has 0 unspecified atom stereocenters. The van der Waals surface area contributed by atoms with Crippen LogP contribution in [-0.4, -0.2) is 45.4 Å². The number of pyridine rings is 2. The molecule has 0 aliphatic carbocycles. The van der Waals surface area contributed by atoms with Crippen molar-refractivity contribution in [2.45, 2.75) is 57.2 Å². The minimum absolute atomic E-state index is 0.119. The number of amides is 1. The third-order valence-corrected chi connectivity index (χ3v) is 5.66. The molecule has 0 saturated heterocycles. The second-order valence-corrected chi connectivity index (χ2v) is 8.20. The van der Waals surface area contributed by atoms with Crippen LogP contribution in [0.25, 0.3) is 0 Å². The summed E-state index contributed by atoms with van der Waals surface area (Å²) in [7, 11) is 0. The Morgan fingerprint density at radius 2 is 1.84 bits per heavy atom. The number of aromatic nitrogens is 2. The normalized spacial score (nSPS) is 11.6. The van der Waals surface area contributed by atoms with E-state index in [0.717, 1.165) is 25.0 Å². The van der Waals surface area contributed by atoms with Crippen molar-refractivity contribution < 1.29 is 19.4 Å². The van der Waals surface area contributed by atoms with E-state index in [1.54, 1.807) is 6.20 Å². The molecule has 0 aliphatic heterocycles. The summed E-state index contributed by atoms with van der Waals surface area (Å²) in [6, 6.07) is 7.72. The molecule has 0 spiro atoms. The highest BCUT2D eigenvalue weighted by atomic mass is 32.2. The summed E-state index contributed by atoms with van der Waals surface area (Å²) in [5.41, 5.74) is 0.770. The second kappa shape index (κ2) is 14.4. The lowest BCUT2D eigenvalue weighted by Gasteiger charge is -2.17. The van der Waals surface area contributed by atoms with E-state index >= 15 is 0 Å². The number of carbonyl (C=O) groups is 2. The van der Waals surface area contributed by atoms with Crippen LogP contribution in [0.5, 0.6) is 5.75 Å². The number of ether oxygens (including phenoxy) is 1. The number of rotatable bonds is 14. The van der Waals surface area contributed by atoms with Crippen LogP contribution in [0.4, 0.5) is 0 Å². The molecule has 2 aromatic rings. The summed E-state index contributed by atoms with van der Waals surface area (Å²) >= 11 is 1.48. The summed E-state index contributed by atoms with van der Waals surface area (Å²) in [6.07, 6.45) is 9.69. The van der Waals surface area contributed by atoms with Crippen molar-refractivity contribution >= 4 is 23.6 Å². The van der Waals surface area contributed by atoms with Gasteiger partial charge in [0.25, 0.3) is 5.91 Å². The fourth-order valence-corrected chi connectivity index (χ4v) is 3.84. The van der Waals surface area contributed by atoms with Gasteiger partial charge in [0.05, 0.1) is 12.3 Å². The Morgan fingerprint density at radius 1 is 1.06 bits per heavy atom. The largest absolute Gasteiger partial charge is 0.505 e. The van der Waals surface area contributed by atoms with Gasteiger partial charge in [-0.15, -0.1) is 0 Å². The summed E-state index contributed by atoms with van der Waals surface area (Å²) in [5, 5.41) is 12.5. The molecular weight excluding hydrogens is 414 g/mol. The Hall–Kier alpha value is -2.61. The van der Waals surface area contributed by atoms with Gasteiger partial charge in [-0.2, -0.15) is 11.8 Å². The van der Waals surface area contributed by atoms with Crippen molar-refractivity contribution in [1.82, 2.24) is 15.3 Å². The molecular formula is C23H31N3O4S. The van der Waals surface area contributed by atoms with Gasteiger partial charge in [0, 0.05) is 23.9 Å². The molecule has 0 aliphatic rings. The minimum atomic E-state index is -0.845. The molecule has 2 heterocycles. The summed E-state index contributed by atoms with van der Waals surface area (Å²) < 4.78 is 5.41. The lowest BCUT2D eigenvalue weighted by molar-refractivity contribution is -0.145. The first-order chi connectivity index (χ1) is 15.1. The van der Waals surface area contributed by atoms with E-state index in [1.807, 2.05) is 18.2 Å². The van der Waals surface area contributed by atoms with Crippen LogP contribution in [-0.2, 0) is 15.3 Å². The fourth-order valence-electron chi connectivity index (χ4n) is 2.89. The smallest absolute Gasteiger partial charge is 0.329 e. The van der Waals surface area contributed by atoms with Gasteiger partial charge < -0.3 is 15.2 Å². The predicted octanol–water partition coefficient (Wildman–Crippen LogP) is 4.12. The van der Waals surface area contributed by atoms with Crippen molar-refractivity contribution in [2.24, 2.45) is 0 Å². The van der Waals surface area contributed by atoms with E-state index < -0.39 is 17.9 Å². The van der Waals surface area contributed by atoms with E-state index in [2.05, 4.69) is 22.2 Å². The quantitative estimate of drug-likeness (QED) is 0.333. The summed E-state index contributed by atoms with van der Waals surface area (Å²) in [6.45, 7) is 2.50. The zero-order valence-corrected chi connectivity index (χ0v) is 18.8. The Kier molecular flexibility index (Phi) is 11.5. The number of unbranched alkanes of at least 4 members (excludes halogenated alkanes) is 5. The van der Waals surface area contributed by atoms with E-state index in [4.69, 9.17) is 4.74 Å². The number of nitrogens with one attached hydrogen (secondary N) is 1. The number of esters is 1. The van der Waals surface area contributed by atoms with Gasteiger partial charge in [0.2, 0.25) is 0 Å². The highest BCUT2D eigenvalue weighted by molar-refractivity contribution is 7.98. The molecule has 7 nitrogen and oxygen atoms in total. The standard InChI is InChI=1S/C23H31N3O4S/c1-2-3-4-5-6-9-15-30-23(29)19(17-31-16-18-11-7-8-13-24-18)26-22(28)21-20(27)12-10-14-25-21/h7-8,10-14,19,27H,2-6,9,15-17H2,1H3,(H,26,28)/t19-/m0/s1. The summed E-state index contributed by atoms with van der Waals surface area (Å²) in [5.74, 6) is -0.401. The average Bonchev–Trinajstić information content (AvgIpc) is 2.78. The Morgan fingerprint density at radius 3 is 2.58 bits per heavy atom. The molecule has 0 aromatic carbocycles. The second-order valence-electron chi connectivity index (χ2n) is 7.17. The van der Waals surface area contributed by atoms with Crippen molar-refractivity contribution in [3.63, 3.8) is 0 Å². The van der Waals surface area contributed by atoms with Gasteiger partial charge >= 0.3 is 5.97 Å². The van der Waals surface area contributed by atoms with E-state index in [1.165, 1.54) is 49.4 Å². The third kappa shape index (κ3) is 9.38. The monoisotopic (exact) mass is 445 g/mol. The average molecular weight is 446 g/mol. The molecule has 0 saturated carbocycles. The molecule has 1 atom stereocenters. The lowest BCUT2D eigenvalue weighted by atomic mass is 10.1. The lowest BCUT2D eigenvalue weighted by Crippen LogP contribution is -2.44. The molecule has 1 amide bonds. The van der Waals surface area contributed by atoms with Gasteiger partial charge in [-0.25, -0.2) is 9.78 Å². The van der Waals surface area contributed by atoms with Crippen LogP contribution in [0, 0.1) is 0 Å². The van der Waals surface area contributed by atoms with Gasteiger partial charge in [-0.3, -0.25) is 9.78 Å². The SMILES string of the molecule is CCCCCCCCOC(=O)[C@H](CSCc1ccccn1)NC(=O)c1ncccc1O. The van der Waals surface area contributed by atoms with Crippen molar-refractivity contribution in [3.05, 3.63) is 54.1 Å². The Bertz CT molecular complexity index is 804. The molecule has 0 bridgehead atoms. The molecule has 168 valence electrons. The molecule has 31 heavy (non-hydrogen) atoms. The Balaban J connectivity index is 1.88. The first-order valence-corrected chi connectivity index (χ1v) is 11.9. The van der Waals surface area contributed by atoms with Crippen LogP contribution in [0.15, 0.2) is 42.7 Å². The zero-order chi connectivity index (χ0) is 22.3. The highest BCUT2D eigenvalue weighted by Gasteiger charge is 2.24. The topological polar surface area (TPSA) is 101 Å². The Labute approximate surface area is 188 Å². The fraction of sp³-hybridized carbons (Fsp3) is 0.478. The van der Waals surface area contributed by atoms with Gasteiger partial charge in [-0.1, -0.05) is 45.1 Å². The van der Waals surface area contributed by atoms with Crippen molar-refractivity contribution in [2.75, 3.05) is 12.4 Å². The molecule has 2 N–H and O–H groups in total. The zero-order valence-electron chi connectivity index (χ0n) is 18.0. The molecule has 0 fully saturated rings. The van der Waals surface area contributed by atoms with Crippen LogP contribution in [0.3, 0.4) is 0 Å². The number of thioether (sulfide) groups is 1. The van der Waals surface area contributed by atoms with Crippen molar-refractivity contribution in [3.8, 4) is 5.75 Å². The highest BCUT2D eigenvalue weighted by Crippen LogP contribution is 2.15. The summed E-state index contributed by atoms with van der Waals surface area (Å²) in [4.78, 5) is 33.3. The van der Waals surface area contributed by atoms with E-state index in [-0.39, 0.29) is 11.4 Å². The van der Waals surface area contributed by atoms with E-state index in [0.29, 0.717) is 18.1 Å². The molecule has 0 radical (unpaired) electrons. The molecule has 8 heteroatoms. The van der Waals surface area contributed by atoms with Gasteiger partial charge in [-0.05, 0) is 30.7 Å². The van der Waals surface area contributed by atoms with Crippen LogP contribution >= 0.6 is 11.8 Å². The number of hydrogen-bond acceptors (Lipinski definition) is 7. The number of aromatic hydroxyl groups is 1. The predicted molar refractivity (Wildman–Crippen MR) is 122 cm³/mol. The van der Waals surface area contributed by atoms with Gasteiger partial charge in [0.15, 0.2) is 5.69 Å². The number of nitrogens with zero attached hydrogens (tertiary/aromatic N) is 2. The minimum Gasteiger partial charge on any atom is -0.505 e. The maximum atomic E-state index is 12.6. The van der Waals surface area contributed by atoms with Crippen LogP contribution in [0.2, 0.25) is 0 Å². The third-order valence-electron chi connectivity index (χ3n) is 4.59. The van der Waals surface area contributed by atoms with Crippen molar-refractivity contribution in [1.29, 1.82) is 0 Å². The maximum Gasteiger partial charge on any atom is 0.329 e. The maximum absolute atomic E-state index is 12.6.